The normalized spacial score (nSPS) is 51.4. The van der Waals surface area contributed by atoms with Crippen LogP contribution in [0.5, 0.6) is 0 Å². The number of hydrogen-bond acceptors (Lipinski definition) is 6. The van der Waals surface area contributed by atoms with E-state index in [-0.39, 0.29) is 0 Å². The van der Waals surface area contributed by atoms with E-state index in [1.807, 2.05) is 0 Å². The molecule has 0 spiro atoms. The van der Waals surface area contributed by atoms with Crippen LogP contribution in [0.2, 0.25) is 0 Å². The molecule has 0 bridgehead atoms. The lowest BCUT2D eigenvalue weighted by Crippen LogP contribution is -2.35. The minimum atomic E-state index is -1.23. The van der Waals surface area contributed by atoms with Crippen molar-refractivity contribution in [3.05, 3.63) is 0 Å². The van der Waals surface area contributed by atoms with E-state index in [1.54, 1.807) is 13.8 Å². The second-order valence-electron chi connectivity index (χ2n) is 4.42. The Bertz CT molecular complexity index is 314. The molecule has 0 radical (unpaired) electrons. The van der Waals surface area contributed by atoms with Gasteiger partial charge in [-0.15, -0.1) is 0 Å². The first kappa shape index (κ1) is 9.53. The molecule has 84 valence electrons. The van der Waals surface area contributed by atoms with Crippen LogP contribution in [0.4, 0.5) is 0 Å². The Balaban J connectivity index is 1.83. The van der Waals surface area contributed by atoms with Gasteiger partial charge in [-0.1, -0.05) is 0 Å². The van der Waals surface area contributed by atoms with Crippen molar-refractivity contribution in [1.29, 1.82) is 0 Å². The fraction of sp³-hybridized carbons (Fsp3) is 0.889. The van der Waals surface area contributed by atoms with Gasteiger partial charge >= 0.3 is 5.97 Å². The summed E-state index contributed by atoms with van der Waals surface area (Å²) in [6.07, 6.45) is -3.44. The molecule has 0 amide bonds. The standard InChI is InChI=1S/C9H12O6/c1-9(2)14-6-5-4(13-8(6)15-9)3(10)7(11)12-5/h3-6,8,10H,1-2H3/t3-,4+,5-,6-,8-/m0/s1. The Kier molecular flexibility index (Phi) is 1.72. The number of rotatable bonds is 0. The van der Waals surface area contributed by atoms with E-state index >= 15 is 0 Å². The highest BCUT2D eigenvalue weighted by molar-refractivity contribution is 5.78. The zero-order chi connectivity index (χ0) is 10.8. The summed E-state index contributed by atoms with van der Waals surface area (Å²) in [5.74, 6) is -1.39. The van der Waals surface area contributed by atoms with E-state index in [4.69, 9.17) is 18.9 Å². The van der Waals surface area contributed by atoms with Gasteiger partial charge in [-0.3, -0.25) is 0 Å². The monoisotopic (exact) mass is 216 g/mol. The van der Waals surface area contributed by atoms with Gasteiger partial charge in [-0.25, -0.2) is 4.79 Å². The maximum absolute atomic E-state index is 11.1. The second-order valence-corrected chi connectivity index (χ2v) is 4.42. The van der Waals surface area contributed by atoms with Crippen molar-refractivity contribution in [3.8, 4) is 0 Å². The van der Waals surface area contributed by atoms with Gasteiger partial charge in [-0.05, 0) is 13.8 Å². The van der Waals surface area contributed by atoms with E-state index in [0.29, 0.717) is 0 Å². The molecular formula is C9H12O6. The first-order valence-corrected chi connectivity index (χ1v) is 4.88. The molecule has 3 saturated heterocycles. The molecule has 3 fully saturated rings. The average molecular weight is 216 g/mol. The summed E-state index contributed by atoms with van der Waals surface area (Å²) >= 11 is 0. The molecule has 0 saturated carbocycles. The molecule has 6 nitrogen and oxygen atoms in total. The van der Waals surface area contributed by atoms with Crippen LogP contribution in [0.1, 0.15) is 13.8 Å². The van der Waals surface area contributed by atoms with Crippen LogP contribution in [-0.4, -0.2) is 47.6 Å². The van der Waals surface area contributed by atoms with Gasteiger partial charge < -0.3 is 24.1 Å². The van der Waals surface area contributed by atoms with Gasteiger partial charge in [0.25, 0.3) is 0 Å². The molecule has 5 atom stereocenters. The van der Waals surface area contributed by atoms with Gasteiger partial charge in [0.2, 0.25) is 0 Å². The number of fused-ring (bicyclic) bond motifs is 3. The van der Waals surface area contributed by atoms with Crippen molar-refractivity contribution < 1.29 is 28.8 Å². The van der Waals surface area contributed by atoms with Crippen molar-refractivity contribution >= 4 is 5.97 Å². The summed E-state index contributed by atoms with van der Waals surface area (Å²) in [5.41, 5.74) is 0. The first-order chi connectivity index (χ1) is 6.98. The van der Waals surface area contributed by atoms with Crippen molar-refractivity contribution in [2.24, 2.45) is 0 Å². The lowest BCUT2D eigenvalue weighted by molar-refractivity contribution is -0.214. The topological polar surface area (TPSA) is 74.2 Å². The molecule has 6 heteroatoms. The summed E-state index contributed by atoms with van der Waals surface area (Å²) < 4.78 is 21.4. The van der Waals surface area contributed by atoms with E-state index in [0.717, 1.165) is 0 Å². The largest absolute Gasteiger partial charge is 0.454 e. The predicted octanol–water partition coefficient (Wildman–Crippen LogP) is -0.851. The number of carbonyl (C=O) groups excluding carboxylic acids is 1. The number of esters is 1. The lowest BCUT2D eigenvalue weighted by Gasteiger charge is -2.20. The smallest absolute Gasteiger partial charge is 0.338 e. The third kappa shape index (κ3) is 1.22. The Hall–Kier alpha value is -0.690. The molecule has 0 unspecified atom stereocenters. The van der Waals surface area contributed by atoms with Crippen molar-refractivity contribution in [3.63, 3.8) is 0 Å². The molecule has 0 aliphatic carbocycles. The Morgan fingerprint density at radius 3 is 2.67 bits per heavy atom. The summed E-state index contributed by atoms with van der Waals surface area (Å²) in [4.78, 5) is 11.1. The molecule has 3 aliphatic heterocycles. The quantitative estimate of drug-likeness (QED) is 0.532. The fourth-order valence-corrected chi connectivity index (χ4v) is 2.23. The first-order valence-electron chi connectivity index (χ1n) is 4.88. The van der Waals surface area contributed by atoms with Crippen molar-refractivity contribution in [2.75, 3.05) is 0 Å². The number of carbonyl (C=O) groups is 1. The van der Waals surface area contributed by atoms with Crippen molar-refractivity contribution in [2.45, 2.75) is 50.3 Å². The van der Waals surface area contributed by atoms with E-state index in [9.17, 15) is 9.90 Å². The highest BCUT2D eigenvalue weighted by Crippen LogP contribution is 2.42. The summed E-state index contributed by atoms with van der Waals surface area (Å²) in [7, 11) is 0. The number of hydrogen-bond donors (Lipinski definition) is 1. The maximum atomic E-state index is 11.1. The van der Waals surface area contributed by atoms with Gasteiger partial charge in [0, 0.05) is 0 Å². The molecule has 0 aromatic carbocycles. The van der Waals surface area contributed by atoms with E-state index in [2.05, 4.69) is 0 Å². The Morgan fingerprint density at radius 2 is 1.93 bits per heavy atom. The van der Waals surface area contributed by atoms with Crippen molar-refractivity contribution in [1.82, 2.24) is 0 Å². The third-order valence-corrected chi connectivity index (χ3v) is 2.83. The van der Waals surface area contributed by atoms with Crippen LogP contribution < -0.4 is 0 Å². The number of ether oxygens (including phenoxy) is 4. The van der Waals surface area contributed by atoms with Gasteiger partial charge in [0.1, 0.15) is 6.10 Å². The van der Waals surface area contributed by atoms with E-state index < -0.39 is 42.5 Å². The average Bonchev–Trinajstić information content (AvgIpc) is 2.66. The Morgan fingerprint density at radius 1 is 1.20 bits per heavy atom. The van der Waals surface area contributed by atoms with Crippen LogP contribution in [0.15, 0.2) is 0 Å². The highest BCUT2D eigenvalue weighted by Gasteiger charge is 2.62. The third-order valence-electron chi connectivity index (χ3n) is 2.83. The van der Waals surface area contributed by atoms with E-state index in [1.165, 1.54) is 0 Å². The minimum absolute atomic E-state index is 0.439. The molecule has 3 heterocycles. The molecular weight excluding hydrogens is 204 g/mol. The predicted molar refractivity (Wildman–Crippen MR) is 44.6 cm³/mol. The molecule has 3 rings (SSSR count). The molecule has 1 N–H and O–H groups in total. The lowest BCUT2D eigenvalue weighted by atomic mass is 10.1. The van der Waals surface area contributed by atoms with Crippen LogP contribution in [0, 0.1) is 0 Å². The molecule has 3 aliphatic rings. The molecule has 15 heavy (non-hydrogen) atoms. The zero-order valence-electron chi connectivity index (χ0n) is 8.38. The maximum Gasteiger partial charge on any atom is 0.338 e. The minimum Gasteiger partial charge on any atom is -0.454 e. The van der Waals surface area contributed by atoms with Crippen LogP contribution in [0.25, 0.3) is 0 Å². The number of aliphatic hydroxyl groups is 1. The van der Waals surface area contributed by atoms with Gasteiger partial charge in [-0.2, -0.15) is 0 Å². The molecule has 0 aromatic rings. The highest BCUT2D eigenvalue weighted by atomic mass is 16.8. The summed E-state index contributed by atoms with van der Waals surface area (Å²) in [6, 6.07) is 0. The van der Waals surface area contributed by atoms with Crippen LogP contribution >= 0.6 is 0 Å². The summed E-state index contributed by atoms with van der Waals surface area (Å²) in [5, 5.41) is 9.44. The SMILES string of the molecule is CC1(C)O[C@@H]2O[C@H]3[C@H](OC(=O)[C@H]3O)[C@@H]2O1. The van der Waals surface area contributed by atoms with Crippen LogP contribution in [0.3, 0.4) is 0 Å². The van der Waals surface area contributed by atoms with Gasteiger partial charge in [0.15, 0.2) is 30.4 Å². The van der Waals surface area contributed by atoms with Gasteiger partial charge in [0.05, 0.1) is 0 Å². The zero-order valence-corrected chi connectivity index (χ0v) is 8.38. The fourth-order valence-electron chi connectivity index (χ4n) is 2.23. The summed E-state index contributed by atoms with van der Waals surface area (Å²) in [6.45, 7) is 3.52. The molecule has 0 aromatic heterocycles. The number of aliphatic hydroxyl groups excluding tert-OH is 1. The Labute approximate surface area is 86.1 Å². The van der Waals surface area contributed by atoms with Crippen LogP contribution in [-0.2, 0) is 23.7 Å². The second kappa shape index (κ2) is 2.70.